The monoisotopic (exact) mass is 176 g/mol. The lowest BCUT2D eigenvalue weighted by Crippen LogP contribution is -2.25. The van der Waals surface area contributed by atoms with Gasteiger partial charge in [-0.05, 0) is 12.2 Å². The van der Waals surface area contributed by atoms with Gasteiger partial charge in [0.05, 0.1) is 6.26 Å². The van der Waals surface area contributed by atoms with Gasteiger partial charge in [0.2, 0.25) is 6.10 Å². The van der Waals surface area contributed by atoms with Crippen molar-refractivity contribution in [2.24, 2.45) is 0 Å². The number of allylic oxidation sites excluding steroid dienone is 2. The Morgan fingerprint density at radius 1 is 1.50 bits per heavy atom. The Hall–Kier alpha value is -1.39. The largest absolute Gasteiger partial charge is 0.482 e. The summed E-state index contributed by atoms with van der Waals surface area (Å²) in [6, 6.07) is 0. The number of ether oxygens (including phenoxy) is 2. The van der Waals surface area contributed by atoms with Crippen molar-refractivity contribution in [1.29, 1.82) is 0 Å². The summed E-state index contributed by atoms with van der Waals surface area (Å²) >= 11 is 0. The molecule has 1 rings (SSSR count). The zero-order chi connectivity index (χ0) is 8.97. The van der Waals surface area contributed by atoms with E-state index >= 15 is 0 Å². The first kappa shape index (κ1) is 8.70. The molecule has 12 heavy (non-hydrogen) atoms. The van der Waals surface area contributed by atoms with Crippen LogP contribution in [0.3, 0.4) is 0 Å². The van der Waals surface area contributed by atoms with Crippen LogP contribution in [-0.4, -0.2) is 18.7 Å². The van der Waals surface area contributed by atoms with Crippen molar-refractivity contribution in [1.82, 2.24) is 0 Å². The minimum absolute atomic E-state index is 1.05. The number of halogens is 2. The minimum atomic E-state index is -3.10. The Bertz CT molecular complexity index is 223. The van der Waals surface area contributed by atoms with E-state index in [4.69, 9.17) is 0 Å². The Balaban J connectivity index is 2.42. The molecule has 0 aromatic carbocycles. The van der Waals surface area contributed by atoms with Crippen LogP contribution in [-0.2, 0) is 14.3 Å². The number of carbonyl (C=O) groups is 1. The highest BCUT2D eigenvalue weighted by atomic mass is 19.3. The fourth-order valence-corrected chi connectivity index (χ4v) is 0.675. The second kappa shape index (κ2) is 3.85. The van der Waals surface area contributed by atoms with Crippen molar-refractivity contribution in [3.05, 3.63) is 24.5 Å². The number of alkyl halides is 2. The molecule has 1 atom stereocenters. The van der Waals surface area contributed by atoms with Gasteiger partial charge in [-0.2, -0.15) is 8.78 Å². The molecule has 0 amide bonds. The Morgan fingerprint density at radius 3 is 2.75 bits per heavy atom. The Kier molecular flexibility index (Phi) is 2.79. The van der Waals surface area contributed by atoms with Gasteiger partial charge in [0.25, 0.3) is 0 Å². The molecule has 0 N–H and O–H groups in total. The molecule has 0 aromatic rings. The summed E-state index contributed by atoms with van der Waals surface area (Å²) in [6.07, 6.45) is 4.55. The van der Waals surface area contributed by atoms with E-state index < -0.39 is 18.7 Å². The molecule has 3 nitrogen and oxygen atoms in total. The smallest absolute Gasteiger partial charge is 0.389 e. The fraction of sp³-hybridized carbons (Fsp3) is 0.286. The third-order valence-electron chi connectivity index (χ3n) is 1.14. The van der Waals surface area contributed by atoms with Crippen LogP contribution in [0.15, 0.2) is 24.5 Å². The lowest BCUT2D eigenvalue weighted by molar-refractivity contribution is -0.183. The molecule has 1 unspecified atom stereocenters. The highest BCUT2D eigenvalue weighted by Gasteiger charge is 2.21. The summed E-state index contributed by atoms with van der Waals surface area (Å²) in [5.74, 6) is -1.09. The van der Waals surface area contributed by atoms with Crippen LogP contribution in [0.5, 0.6) is 0 Å². The summed E-state index contributed by atoms with van der Waals surface area (Å²) in [7, 11) is 0. The van der Waals surface area contributed by atoms with Crippen molar-refractivity contribution in [3.8, 4) is 0 Å². The van der Waals surface area contributed by atoms with Crippen LogP contribution in [0.25, 0.3) is 0 Å². The van der Waals surface area contributed by atoms with Crippen LogP contribution >= 0.6 is 0 Å². The van der Waals surface area contributed by atoms with Gasteiger partial charge >= 0.3 is 12.6 Å². The Morgan fingerprint density at radius 2 is 2.25 bits per heavy atom. The Labute approximate surface area is 67.3 Å². The lowest BCUT2D eigenvalue weighted by atomic mass is 10.3. The fourth-order valence-electron chi connectivity index (χ4n) is 0.675. The zero-order valence-electron chi connectivity index (χ0n) is 5.94. The van der Waals surface area contributed by atoms with Crippen molar-refractivity contribution < 1.29 is 23.0 Å². The molecule has 1 aliphatic rings. The SMILES string of the molecule is O=C(OC(F)F)C1C=CC=CO1. The summed E-state index contributed by atoms with van der Waals surface area (Å²) in [4.78, 5) is 10.7. The van der Waals surface area contributed by atoms with Crippen LogP contribution in [0, 0.1) is 0 Å². The van der Waals surface area contributed by atoms with E-state index in [9.17, 15) is 13.6 Å². The molecule has 1 aliphatic heterocycles. The molecule has 0 bridgehead atoms. The second-order valence-corrected chi connectivity index (χ2v) is 1.97. The van der Waals surface area contributed by atoms with E-state index in [1.54, 1.807) is 0 Å². The van der Waals surface area contributed by atoms with Crippen LogP contribution in [0.1, 0.15) is 0 Å². The number of hydrogen-bond acceptors (Lipinski definition) is 3. The standard InChI is InChI=1S/C7H6F2O3/c8-7(9)12-6(10)5-3-1-2-4-11-5/h1-5,7H. The van der Waals surface area contributed by atoms with Crippen LogP contribution in [0.4, 0.5) is 8.78 Å². The highest BCUT2D eigenvalue weighted by Crippen LogP contribution is 2.06. The lowest BCUT2D eigenvalue weighted by Gasteiger charge is -2.12. The summed E-state index contributed by atoms with van der Waals surface area (Å²) in [5, 5.41) is 0. The predicted octanol–water partition coefficient (Wildman–Crippen LogP) is 1.22. The van der Waals surface area contributed by atoms with Crippen LogP contribution in [0.2, 0.25) is 0 Å². The molecule has 0 fully saturated rings. The van der Waals surface area contributed by atoms with E-state index in [0.29, 0.717) is 0 Å². The molecule has 0 spiro atoms. The average Bonchev–Trinajstić information content (AvgIpc) is 2.05. The maximum Gasteiger partial charge on any atom is 0.389 e. The molecular formula is C7H6F2O3. The maximum absolute atomic E-state index is 11.5. The molecule has 0 aliphatic carbocycles. The highest BCUT2D eigenvalue weighted by molar-refractivity contribution is 5.77. The second-order valence-electron chi connectivity index (χ2n) is 1.97. The predicted molar refractivity (Wildman–Crippen MR) is 35.2 cm³/mol. The quantitative estimate of drug-likeness (QED) is 0.593. The number of rotatable bonds is 2. The van der Waals surface area contributed by atoms with Crippen molar-refractivity contribution >= 4 is 5.97 Å². The van der Waals surface area contributed by atoms with E-state index in [2.05, 4.69) is 9.47 Å². The van der Waals surface area contributed by atoms with Crippen molar-refractivity contribution in [2.45, 2.75) is 12.7 Å². The van der Waals surface area contributed by atoms with E-state index in [-0.39, 0.29) is 0 Å². The zero-order valence-corrected chi connectivity index (χ0v) is 5.94. The van der Waals surface area contributed by atoms with Gasteiger partial charge in [0, 0.05) is 0 Å². The molecule has 0 radical (unpaired) electrons. The average molecular weight is 176 g/mol. The molecule has 0 saturated carbocycles. The normalized spacial score (nSPS) is 20.8. The van der Waals surface area contributed by atoms with Crippen LogP contribution < -0.4 is 0 Å². The third-order valence-corrected chi connectivity index (χ3v) is 1.14. The summed E-state index contributed by atoms with van der Waals surface area (Å²) in [5.41, 5.74) is 0. The molecule has 5 heteroatoms. The van der Waals surface area contributed by atoms with Gasteiger partial charge < -0.3 is 9.47 Å². The summed E-state index contributed by atoms with van der Waals surface area (Å²) in [6.45, 7) is -3.10. The summed E-state index contributed by atoms with van der Waals surface area (Å²) < 4.78 is 31.3. The van der Waals surface area contributed by atoms with E-state index in [0.717, 1.165) is 0 Å². The van der Waals surface area contributed by atoms with E-state index in [1.165, 1.54) is 24.5 Å². The van der Waals surface area contributed by atoms with Gasteiger partial charge in [0.1, 0.15) is 0 Å². The first-order valence-electron chi connectivity index (χ1n) is 3.17. The van der Waals surface area contributed by atoms with Gasteiger partial charge in [-0.15, -0.1) is 0 Å². The topological polar surface area (TPSA) is 35.5 Å². The van der Waals surface area contributed by atoms with Gasteiger partial charge in [-0.1, -0.05) is 6.08 Å². The molecule has 66 valence electrons. The molecule has 1 heterocycles. The van der Waals surface area contributed by atoms with E-state index in [1.807, 2.05) is 0 Å². The van der Waals surface area contributed by atoms with Crippen molar-refractivity contribution in [2.75, 3.05) is 0 Å². The van der Waals surface area contributed by atoms with Crippen molar-refractivity contribution in [3.63, 3.8) is 0 Å². The maximum atomic E-state index is 11.5. The first-order valence-corrected chi connectivity index (χ1v) is 3.17. The number of carbonyl (C=O) groups excluding carboxylic acids is 1. The van der Waals surface area contributed by atoms with Gasteiger partial charge in [-0.25, -0.2) is 4.79 Å². The molecule has 0 saturated heterocycles. The van der Waals surface area contributed by atoms with Gasteiger partial charge in [0.15, 0.2) is 0 Å². The third kappa shape index (κ3) is 2.34. The number of hydrogen-bond donors (Lipinski definition) is 0. The first-order chi connectivity index (χ1) is 5.70. The number of esters is 1. The van der Waals surface area contributed by atoms with Gasteiger partial charge in [-0.3, -0.25) is 0 Å². The molecular weight excluding hydrogens is 170 g/mol. The minimum Gasteiger partial charge on any atom is -0.482 e. The molecule has 0 aromatic heterocycles.